The minimum Gasteiger partial charge on any atom is -0.502 e. The fourth-order valence-corrected chi connectivity index (χ4v) is 2.08. The van der Waals surface area contributed by atoms with Gasteiger partial charge >= 0.3 is 0 Å². The predicted octanol–water partition coefficient (Wildman–Crippen LogP) is 3.10. The van der Waals surface area contributed by atoms with Crippen molar-refractivity contribution in [3.8, 4) is 23.3 Å². The lowest BCUT2D eigenvalue weighted by molar-refractivity contribution is 0.103. The number of hydrogen-bond acceptors (Lipinski definition) is 6. The fourth-order valence-electron chi connectivity index (χ4n) is 2.08. The van der Waals surface area contributed by atoms with Crippen molar-refractivity contribution < 1.29 is 23.8 Å². The van der Waals surface area contributed by atoms with Crippen LogP contribution >= 0.6 is 0 Å². The minimum absolute atomic E-state index is 0.0655. The van der Waals surface area contributed by atoms with Crippen LogP contribution in [0.25, 0.3) is 6.08 Å². The number of phenolic OH excluding ortho intramolecular Hbond substituents is 1. The lowest BCUT2D eigenvalue weighted by Gasteiger charge is -2.09. The van der Waals surface area contributed by atoms with Crippen molar-refractivity contribution in [2.45, 2.75) is 6.92 Å². The third-order valence-electron chi connectivity index (χ3n) is 3.28. The summed E-state index contributed by atoms with van der Waals surface area (Å²) < 4.78 is 15.2. The van der Waals surface area contributed by atoms with E-state index in [4.69, 9.17) is 13.9 Å². The van der Waals surface area contributed by atoms with Gasteiger partial charge in [0.25, 0.3) is 0 Å². The second-order valence-electron chi connectivity index (χ2n) is 4.66. The van der Waals surface area contributed by atoms with Gasteiger partial charge in [0.15, 0.2) is 11.5 Å². The van der Waals surface area contributed by atoms with Gasteiger partial charge in [-0.05, 0) is 36.8 Å². The molecule has 0 radical (unpaired) electrons. The number of allylic oxidation sites excluding steroid dienone is 1. The highest BCUT2D eigenvalue weighted by Crippen LogP contribution is 2.37. The monoisotopic (exact) mass is 313 g/mol. The van der Waals surface area contributed by atoms with E-state index in [1.165, 1.54) is 44.8 Å². The number of aromatic hydroxyl groups is 1. The molecule has 0 unspecified atom stereocenters. The third kappa shape index (κ3) is 3.19. The van der Waals surface area contributed by atoms with Crippen LogP contribution in [0.5, 0.6) is 17.2 Å². The van der Waals surface area contributed by atoms with Crippen molar-refractivity contribution in [3.05, 3.63) is 46.9 Å². The lowest BCUT2D eigenvalue weighted by Crippen LogP contribution is -2.02. The SMILES string of the molecule is COc1cc(/C=C(\C#N)C(=O)c2ccoc2C)cc(OC)c1O. The molecule has 0 saturated carbocycles. The summed E-state index contributed by atoms with van der Waals surface area (Å²) >= 11 is 0. The van der Waals surface area contributed by atoms with Crippen LogP contribution in [-0.4, -0.2) is 25.1 Å². The number of ketones is 1. The summed E-state index contributed by atoms with van der Waals surface area (Å²) in [6.45, 7) is 1.65. The Morgan fingerprint density at radius 2 is 1.91 bits per heavy atom. The molecule has 118 valence electrons. The molecule has 2 aromatic rings. The average molecular weight is 313 g/mol. The molecule has 0 saturated heterocycles. The lowest BCUT2D eigenvalue weighted by atomic mass is 10.0. The van der Waals surface area contributed by atoms with Gasteiger partial charge in [0.05, 0.1) is 26.0 Å². The van der Waals surface area contributed by atoms with Gasteiger partial charge in [-0.2, -0.15) is 5.26 Å². The molecule has 0 amide bonds. The van der Waals surface area contributed by atoms with E-state index in [1.54, 1.807) is 6.92 Å². The minimum atomic E-state index is -0.440. The number of rotatable bonds is 5. The quantitative estimate of drug-likeness (QED) is 0.518. The molecule has 0 bridgehead atoms. The van der Waals surface area contributed by atoms with Crippen molar-refractivity contribution in [1.82, 2.24) is 0 Å². The van der Waals surface area contributed by atoms with Crippen molar-refractivity contribution in [1.29, 1.82) is 5.26 Å². The first-order valence-corrected chi connectivity index (χ1v) is 6.67. The number of phenols is 1. The van der Waals surface area contributed by atoms with Crippen LogP contribution < -0.4 is 9.47 Å². The number of furan rings is 1. The summed E-state index contributed by atoms with van der Waals surface area (Å²) in [5.41, 5.74) is 0.752. The molecule has 1 N–H and O–H groups in total. The maximum Gasteiger partial charge on any atom is 0.207 e. The third-order valence-corrected chi connectivity index (χ3v) is 3.28. The second kappa shape index (κ2) is 6.71. The van der Waals surface area contributed by atoms with Gasteiger partial charge in [0.1, 0.15) is 17.4 Å². The Labute approximate surface area is 133 Å². The zero-order valence-electron chi connectivity index (χ0n) is 12.9. The van der Waals surface area contributed by atoms with Gasteiger partial charge in [0, 0.05) is 0 Å². The molecule has 0 fully saturated rings. The van der Waals surface area contributed by atoms with Crippen molar-refractivity contribution in [3.63, 3.8) is 0 Å². The smallest absolute Gasteiger partial charge is 0.207 e. The predicted molar refractivity (Wildman–Crippen MR) is 82.6 cm³/mol. The zero-order valence-corrected chi connectivity index (χ0v) is 12.9. The van der Waals surface area contributed by atoms with Crippen LogP contribution in [0.1, 0.15) is 21.7 Å². The normalized spacial score (nSPS) is 11.0. The van der Waals surface area contributed by atoms with E-state index in [1.807, 2.05) is 6.07 Å². The topological polar surface area (TPSA) is 92.7 Å². The Morgan fingerprint density at radius 1 is 1.30 bits per heavy atom. The molecule has 1 heterocycles. The molecule has 0 aliphatic rings. The highest BCUT2D eigenvalue weighted by Gasteiger charge is 2.17. The van der Waals surface area contributed by atoms with Gasteiger partial charge in [-0.25, -0.2) is 0 Å². The number of aryl methyl sites for hydroxylation is 1. The van der Waals surface area contributed by atoms with Crippen molar-refractivity contribution in [2.24, 2.45) is 0 Å². The number of methoxy groups -OCH3 is 2. The highest BCUT2D eigenvalue weighted by atomic mass is 16.5. The number of carbonyl (C=O) groups is 1. The van der Waals surface area contributed by atoms with E-state index in [0.29, 0.717) is 16.9 Å². The largest absolute Gasteiger partial charge is 0.502 e. The van der Waals surface area contributed by atoms with Crippen molar-refractivity contribution in [2.75, 3.05) is 14.2 Å². The zero-order chi connectivity index (χ0) is 17.0. The number of carbonyl (C=O) groups excluding carboxylic acids is 1. The molecule has 0 aliphatic carbocycles. The Hall–Kier alpha value is -3.20. The maximum atomic E-state index is 12.4. The van der Waals surface area contributed by atoms with Gasteiger partial charge < -0.3 is 19.0 Å². The van der Waals surface area contributed by atoms with Crippen LogP contribution in [0.4, 0.5) is 0 Å². The molecule has 1 aromatic carbocycles. The number of Topliss-reactive ketones (excluding diaryl/α,β-unsaturated/α-hetero) is 1. The van der Waals surface area contributed by atoms with E-state index in [9.17, 15) is 15.2 Å². The molecule has 23 heavy (non-hydrogen) atoms. The van der Waals surface area contributed by atoms with E-state index in [2.05, 4.69) is 0 Å². The fraction of sp³-hybridized carbons (Fsp3) is 0.176. The van der Waals surface area contributed by atoms with Crippen LogP contribution in [0.15, 0.2) is 34.5 Å². The first-order valence-electron chi connectivity index (χ1n) is 6.67. The molecule has 1 aromatic heterocycles. The Morgan fingerprint density at radius 3 is 2.35 bits per heavy atom. The van der Waals surface area contributed by atoms with Crippen LogP contribution in [-0.2, 0) is 0 Å². The summed E-state index contributed by atoms with van der Waals surface area (Å²) in [7, 11) is 2.79. The standard InChI is InChI=1S/C17H15NO5/c1-10-13(4-5-23-10)16(19)12(9-18)6-11-7-14(21-2)17(20)15(8-11)22-3/h4-8,20H,1-3H3/b12-6+. The molecule has 0 spiro atoms. The summed E-state index contributed by atoms with van der Waals surface area (Å²) in [5.74, 6) is 0.212. The van der Waals surface area contributed by atoms with Gasteiger partial charge in [-0.15, -0.1) is 0 Å². The summed E-state index contributed by atoms with van der Waals surface area (Å²) in [6, 6.07) is 6.41. The molecule has 6 heteroatoms. The molecule has 2 rings (SSSR count). The number of hydrogen-bond donors (Lipinski definition) is 1. The Bertz CT molecular complexity index is 786. The summed E-state index contributed by atoms with van der Waals surface area (Å²) in [5, 5.41) is 19.2. The Balaban J connectivity index is 2.49. The van der Waals surface area contributed by atoms with E-state index in [0.717, 1.165) is 0 Å². The summed E-state index contributed by atoms with van der Waals surface area (Å²) in [4.78, 5) is 12.4. The van der Waals surface area contributed by atoms with Crippen molar-refractivity contribution >= 4 is 11.9 Å². The molecule has 0 atom stereocenters. The first kappa shape index (κ1) is 16.2. The van der Waals surface area contributed by atoms with Gasteiger partial charge in [-0.1, -0.05) is 0 Å². The van der Waals surface area contributed by atoms with E-state index in [-0.39, 0.29) is 22.8 Å². The number of ether oxygens (including phenoxy) is 2. The number of nitrogens with zero attached hydrogens (tertiary/aromatic N) is 1. The molecule has 0 aliphatic heterocycles. The number of nitriles is 1. The summed E-state index contributed by atoms with van der Waals surface area (Å²) in [6.07, 6.45) is 2.80. The van der Waals surface area contributed by atoms with Crippen LogP contribution in [0.3, 0.4) is 0 Å². The molecular formula is C17H15NO5. The Kier molecular flexibility index (Phi) is 4.72. The van der Waals surface area contributed by atoms with Gasteiger partial charge in [0.2, 0.25) is 11.5 Å². The highest BCUT2D eigenvalue weighted by molar-refractivity contribution is 6.14. The molecular weight excluding hydrogens is 298 g/mol. The molecule has 6 nitrogen and oxygen atoms in total. The number of benzene rings is 1. The van der Waals surface area contributed by atoms with Gasteiger partial charge in [-0.3, -0.25) is 4.79 Å². The van der Waals surface area contributed by atoms with E-state index < -0.39 is 5.78 Å². The van der Waals surface area contributed by atoms with E-state index >= 15 is 0 Å². The van der Waals surface area contributed by atoms with Crippen LogP contribution in [0, 0.1) is 18.3 Å². The first-order chi connectivity index (χ1) is 11.0. The second-order valence-corrected chi connectivity index (χ2v) is 4.66. The average Bonchev–Trinajstić information content (AvgIpc) is 2.99. The van der Waals surface area contributed by atoms with Crippen LogP contribution in [0.2, 0.25) is 0 Å². The maximum absolute atomic E-state index is 12.4.